The number of nitrogens with one attached hydrogen (secondary N) is 2. The highest BCUT2D eigenvalue weighted by Gasteiger charge is 2.20. The molecule has 3 N–H and O–H groups in total. The Balaban J connectivity index is 2.21. The number of aromatic amines is 2. The molecule has 8 nitrogen and oxygen atoms in total. The van der Waals surface area contributed by atoms with Gasteiger partial charge in [0.25, 0.3) is 0 Å². The van der Waals surface area contributed by atoms with Crippen LogP contribution < -0.4 is 5.69 Å². The van der Waals surface area contributed by atoms with Crippen LogP contribution in [-0.4, -0.2) is 37.1 Å². The Labute approximate surface area is 130 Å². The maximum atomic E-state index is 12.2. The van der Waals surface area contributed by atoms with Gasteiger partial charge >= 0.3 is 11.7 Å². The van der Waals surface area contributed by atoms with Crippen LogP contribution in [0, 0.1) is 0 Å². The summed E-state index contributed by atoms with van der Waals surface area (Å²) >= 11 is 0. The van der Waals surface area contributed by atoms with Gasteiger partial charge in [0, 0.05) is 5.56 Å². The molecule has 3 rings (SSSR count). The summed E-state index contributed by atoms with van der Waals surface area (Å²) in [5.74, 6) is -0.427. The molecule has 0 unspecified atom stereocenters. The number of phenolic OH excluding ortho intramolecular Hbond substituents is 1. The van der Waals surface area contributed by atoms with Gasteiger partial charge in [-0.3, -0.25) is 4.98 Å². The average Bonchev–Trinajstić information content (AvgIpc) is 2.85. The van der Waals surface area contributed by atoms with Crippen LogP contribution in [-0.2, 0) is 4.74 Å². The number of imidazole rings is 1. The second-order valence-electron chi connectivity index (χ2n) is 5.20. The third-order valence-electron chi connectivity index (χ3n) is 3.02. The van der Waals surface area contributed by atoms with Crippen LogP contribution >= 0.6 is 0 Å². The molecule has 118 valence electrons. The third-order valence-corrected chi connectivity index (χ3v) is 3.02. The number of carbonyl (C=O) groups is 1. The average molecular weight is 314 g/mol. The Hall–Kier alpha value is -3.16. The molecule has 0 aliphatic carbocycles. The largest absolute Gasteiger partial charge is 0.508 e. The molecule has 0 atom stereocenters. The van der Waals surface area contributed by atoms with Crippen molar-refractivity contribution < 1.29 is 14.6 Å². The van der Waals surface area contributed by atoms with Gasteiger partial charge in [0.1, 0.15) is 11.3 Å². The zero-order chi connectivity index (χ0) is 16.6. The van der Waals surface area contributed by atoms with Crippen molar-refractivity contribution in [3.63, 3.8) is 0 Å². The number of esters is 1. The minimum Gasteiger partial charge on any atom is -0.508 e. The number of ether oxygens (including phenoxy) is 1. The summed E-state index contributed by atoms with van der Waals surface area (Å²) in [5.41, 5.74) is 0.345. The number of hydrogen-bond donors (Lipinski definition) is 3. The Kier molecular flexibility index (Phi) is 3.57. The van der Waals surface area contributed by atoms with Crippen LogP contribution in [0.4, 0.5) is 0 Å². The van der Waals surface area contributed by atoms with Crippen LogP contribution in [0.15, 0.2) is 29.1 Å². The molecule has 8 heteroatoms. The number of rotatable bonds is 3. The Bertz CT molecular complexity index is 942. The van der Waals surface area contributed by atoms with Gasteiger partial charge in [0.05, 0.1) is 6.10 Å². The van der Waals surface area contributed by atoms with E-state index in [2.05, 4.69) is 19.9 Å². The van der Waals surface area contributed by atoms with Gasteiger partial charge in [0.2, 0.25) is 0 Å². The van der Waals surface area contributed by atoms with Crippen molar-refractivity contribution in [2.75, 3.05) is 0 Å². The molecule has 23 heavy (non-hydrogen) atoms. The number of aromatic hydroxyl groups is 1. The lowest BCUT2D eigenvalue weighted by molar-refractivity contribution is 0.0373. The number of fused-ring (bicyclic) bond motifs is 1. The van der Waals surface area contributed by atoms with Crippen LogP contribution in [0.5, 0.6) is 5.75 Å². The van der Waals surface area contributed by atoms with E-state index >= 15 is 0 Å². The SMILES string of the molecule is CC(C)OC(=O)c1nc(-c2cccc(O)c2)nc2[nH]c(=O)[nH]c12. The molecule has 0 aliphatic rings. The molecule has 3 aromatic rings. The molecule has 0 spiro atoms. The van der Waals surface area contributed by atoms with Crippen LogP contribution in [0.25, 0.3) is 22.6 Å². The quantitative estimate of drug-likeness (QED) is 0.631. The zero-order valence-corrected chi connectivity index (χ0v) is 12.5. The lowest BCUT2D eigenvalue weighted by Gasteiger charge is -2.09. The van der Waals surface area contributed by atoms with Gasteiger partial charge in [-0.25, -0.2) is 19.6 Å². The molecule has 0 amide bonds. The number of H-pyrrole nitrogens is 2. The Morgan fingerprint density at radius 1 is 1.26 bits per heavy atom. The van der Waals surface area contributed by atoms with E-state index in [-0.39, 0.29) is 34.5 Å². The topological polar surface area (TPSA) is 121 Å². The molecule has 0 saturated carbocycles. The number of nitrogens with zero attached hydrogens (tertiary/aromatic N) is 2. The van der Waals surface area contributed by atoms with Crippen molar-refractivity contribution in [2.45, 2.75) is 20.0 Å². The van der Waals surface area contributed by atoms with Gasteiger partial charge < -0.3 is 14.8 Å². The first-order chi connectivity index (χ1) is 10.9. The summed E-state index contributed by atoms with van der Waals surface area (Å²) in [6.07, 6.45) is -0.331. The molecule has 0 radical (unpaired) electrons. The fourth-order valence-electron chi connectivity index (χ4n) is 2.11. The van der Waals surface area contributed by atoms with Gasteiger partial charge in [-0.2, -0.15) is 0 Å². The standard InChI is InChI=1S/C15H14N4O4/c1-7(2)23-14(21)11-10-13(19-15(22)17-10)18-12(16-11)8-4-3-5-9(20)6-8/h3-7,20H,1-2H3,(H2,16,17,18,19,22). The second kappa shape index (κ2) is 5.56. The fourth-order valence-corrected chi connectivity index (χ4v) is 2.11. The van der Waals surface area contributed by atoms with E-state index in [4.69, 9.17) is 4.74 Å². The summed E-state index contributed by atoms with van der Waals surface area (Å²) in [4.78, 5) is 37.1. The Morgan fingerprint density at radius 3 is 2.74 bits per heavy atom. The van der Waals surface area contributed by atoms with Crippen molar-refractivity contribution in [3.8, 4) is 17.1 Å². The van der Waals surface area contributed by atoms with Crippen LogP contribution in [0.2, 0.25) is 0 Å². The summed E-state index contributed by atoms with van der Waals surface area (Å²) in [7, 11) is 0. The lowest BCUT2D eigenvalue weighted by Crippen LogP contribution is -2.14. The van der Waals surface area contributed by atoms with E-state index in [1.54, 1.807) is 26.0 Å². The first kappa shape index (κ1) is 14.8. The summed E-state index contributed by atoms with van der Waals surface area (Å²) in [6, 6.07) is 6.28. The molecule has 2 heterocycles. The smallest absolute Gasteiger partial charge is 0.359 e. The van der Waals surface area contributed by atoms with Gasteiger partial charge in [-0.1, -0.05) is 12.1 Å². The van der Waals surface area contributed by atoms with Crippen molar-refractivity contribution in [2.24, 2.45) is 0 Å². The summed E-state index contributed by atoms with van der Waals surface area (Å²) in [5, 5.41) is 9.58. The van der Waals surface area contributed by atoms with E-state index in [0.717, 1.165) is 0 Å². The highest BCUT2D eigenvalue weighted by Crippen LogP contribution is 2.22. The predicted octanol–water partition coefficient (Wildman–Crippen LogP) is 1.58. The number of hydrogen-bond acceptors (Lipinski definition) is 6. The highest BCUT2D eigenvalue weighted by molar-refractivity contribution is 5.99. The fraction of sp³-hybridized carbons (Fsp3) is 0.200. The molecular weight excluding hydrogens is 300 g/mol. The molecule has 0 bridgehead atoms. The first-order valence-corrected chi connectivity index (χ1v) is 6.94. The predicted molar refractivity (Wildman–Crippen MR) is 82.2 cm³/mol. The highest BCUT2D eigenvalue weighted by atomic mass is 16.5. The number of phenols is 1. The van der Waals surface area contributed by atoms with Crippen LogP contribution in [0.1, 0.15) is 24.3 Å². The van der Waals surface area contributed by atoms with Crippen molar-refractivity contribution in [1.82, 2.24) is 19.9 Å². The third kappa shape index (κ3) is 2.91. The zero-order valence-electron chi connectivity index (χ0n) is 12.5. The molecule has 2 aromatic heterocycles. The minimum absolute atomic E-state index is 0.0413. The van der Waals surface area contributed by atoms with E-state index in [9.17, 15) is 14.7 Å². The Morgan fingerprint density at radius 2 is 2.04 bits per heavy atom. The van der Waals surface area contributed by atoms with Gasteiger partial charge in [-0.05, 0) is 26.0 Å². The van der Waals surface area contributed by atoms with E-state index in [1.807, 2.05) is 0 Å². The second-order valence-corrected chi connectivity index (χ2v) is 5.20. The number of aromatic nitrogens is 4. The monoisotopic (exact) mass is 314 g/mol. The van der Waals surface area contributed by atoms with E-state index < -0.39 is 11.7 Å². The normalized spacial score (nSPS) is 11.1. The minimum atomic E-state index is -0.663. The maximum Gasteiger partial charge on any atom is 0.359 e. The number of benzene rings is 1. The van der Waals surface area contributed by atoms with Crippen molar-refractivity contribution >= 4 is 17.1 Å². The molecular formula is C15H14N4O4. The van der Waals surface area contributed by atoms with Crippen molar-refractivity contribution in [3.05, 3.63) is 40.4 Å². The molecule has 0 fully saturated rings. The number of carbonyl (C=O) groups excluding carboxylic acids is 1. The summed E-state index contributed by atoms with van der Waals surface area (Å²) in [6.45, 7) is 3.43. The molecule has 0 aliphatic heterocycles. The van der Waals surface area contributed by atoms with E-state index in [0.29, 0.717) is 5.56 Å². The first-order valence-electron chi connectivity index (χ1n) is 6.94. The van der Waals surface area contributed by atoms with Crippen LogP contribution in [0.3, 0.4) is 0 Å². The lowest BCUT2D eigenvalue weighted by atomic mass is 10.2. The summed E-state index contributed by atoms with van der Waals surface area (Å²) < 4.78 is 5.15. The van der Waals surface area contributed by atoms with Gasteiger partial charge in [-0.15, -0.1) is 0 Å². The van der Waals surface area contributed by atoms with E-state index in [1.165, 1.54) is 12.1 Å². The maximum absolute atomic E-state index is 12.2. The molecule has 0 saturated heterocycles. The van der Waals surface area contributed by atoms with Gasteiger partial charge in [0.15, 0.2) is 17.2 Å². The van der Waals surface area contributed by atoms with Crippen molar-refractivity contribution in [1.29, 1.82) is 0 Å². The molecule has 1 aromatic carbocycles.